The van der Waals surface area contributed by atoms with Crippen LogP contribution in [-0.2, 0) is 28.7 Å². The molecule has 0 amide bonds. The Morgan fingerprint density at radius 1 is 0.487 bits per heavy atom. The van der Waals surface area contributed by atoms with Crippen molar-refractivity contribution < 1.29 is 55.7 Å². The van der Waals surface area contributed by atoms with Crippen molar-refractivity contribution in [1.29, 1.82) is 0 Å². The van der Waals surface area contributed by atoms with Gasteiger partial charge in [0, 0.05) is 135 Å². The highest BCUT2D eigenvalue weighted by molar-refractivity contribution is 5.94. The van der Waals surface area contributed by atoms with E-state index >= 15 is 0 Å². The number of fused-ring (bicyclic) bond motifs is 4. The molecule has 10 rings (SSSR count). The van der Waals surface area contributed by atoms with Gasteiger partial charge < -0.3 is 28.7 Å². The fourth-order valence-electron chi connectivity index (χ4n) is 11.5. The number of benzene rings is 6. The normalized spacial score (nSPS) is 16.5. The maximum Gasteiger partial charge on any atom is 0.331 e. The molecule has 2 unspecified atom stereocenters. The van der Waals surface area contributed by atoms with Crippen molar-refractivity contribution in [3.63, 3.8) is 0 Å². The number of esters is 2. The van der Waals surface area contributed by atoms with Gasteiger partial charge in [0.05, 0.1) is 0 Å². The average molecular weight is 1100 g/mol. The van der Waals surface area contributed by atoms with Gasteiger partial charge in [-0.3, -0.25) is 29.2 Å². The molecule has 2 atom stereocenters. The molecule has 0 spiro atoms. The Bertz CT molecular complexity index is 2950. The van der Waals surface area contributed by atoms with Crippen molar-refractivity contribution in [2.45, 2.75) is 37.0 Å². The first kappa shape index (κ1) is 55.4. The molecule has 0 saturated carbocycles. The van der Waals surface area contributed by atoms with E-state index in [1.165, 1.54) is 12.1 Å². The molecule has 0 bridgehead atoms. The van der Waals surface area contributed by atoms with Crippen LogP contribution < -0.4 is 19.3 Å². The number of para-hydroxylation sites is 4. The molecule has 2 fully saturated rings. The summed E-state index contributed by atoms with van der Waals surface area (Å²) in [4.78, 5) is 66.7. The zero-order valence-electron chi connectivity index (χ0n) is 44.5. The second kappa shape index (κ2) is 25.0. The van der Waals surface area contributed by atoms with Crippen LogP contribution in [0.1, 0.15) is 46.9 Å². The highest BCUT2D eigenvalue weighted by atomic mass is 19.2. The number of hydrogen-bond donors (Lipinski definition) is 0. The summed E-state index contributed by atoms with van der Waals surface area (Å²) in [6.45, 7) is 2.80. The molecule has 0 radical (unpaired) electrons. The highest BCUT2D eigenvalue weighted by Crippen LogP contribution is 2.47. The van der Waals surface area contributed by atoms with Crippen molar-refractivity contribution in [2.75, 3.05) is 103 Å². The summed E-state index contributed by atoms with van der Waals surface area (Å²) in [6, 6.07) is 38.9. The molecule has 2 saturated heterocycles. The predicted molar refractivity (Wildman–Crippen MR) is 293 cm³/mol. The van der Waals surface area contributed by atoms with Gasteiger partial charge in [0.1, 0.15) is 35.3 Å². The fourth-order valence-corrected chi connectivity index (χ4v) is 11.5. The lowest BCUT2D eigenvalue weighted by molar-refractivity contribution is -0.149. The molecule has 4 heterocycles. The highest BCUT2D eigenvalue weighted by Gasteiger charge is 2.37. The summed E-state index contributed by atoms with van der Waals surface area (Å²) < 4.78 is 79.5. The minimum absolute atomic E-state index is 0.0398. The van der Waals surface area contributed by atoms with E-state index in [1.54, 1.807) is 0 Å². The van der Waals surface area contributed by atoms with Crippen LogP contribution in [0.5, 0.6) is 23.0 Å². The number of ether oxygens (including phenoxy) is 4. The van der Waals surface area contributed by atoms with Crippen LogP contribution in [0.4, 0.5) is 28.9 Å². The first-order valence-corrected chi connectivity index (χ1v) is 26.9. The van der Waals surface area contributed by atoms with Gasteiger partial charge >= 0.3 is 11.9 Å². The molecule has 18 heteroatoms. The molecule has 80 heavy (non-hydrogen) atoms. The number of carbonyl (C=O) groups excluding carboxylic acids is 4. The fraction of sp³-hybridized carbons (Fsp3) is 0.323. The smallest absolute Gasteiger partial charge is 0.331 e. The number of likely N-dealkylation sites (N-methyl/N-ethyl adjacent to an activating group) is 2. The Labute approximate surface area is 462 Å². The minimum atomic E-state index is -0.977. The monoisotopic (exact) mass is 1090 g/mol. The van der Waals surface area contributed by atoms with E-state index < -0.39 is 72.3 Å². The zero-order valence-corrected chi connectivity index (χ0v) is 44.5. The maximum atomic E-state index is 14.3. The van der Waals surface area contributed by atoms with Crippen LogP contribution in [0.3, 0.4) is 0 Å². The average Bonchev–Trinajstić information content (AvgIpc) is 3.53. The summed E-state index contributed by atoms with van der Waals surface area (Å²) in [5, 5.41) is 0. The first-order valence-electron chi connectivity index (χ1n) is 26.9. The Balaban J connectivity index is 0.779. The van der Waals surface area contributed by atoms with E-state index in [0.717, 1.165) is 81.7 Å². The molecule has 4 aliphatic rings. The molecular weight excluding hydrogens is 1030 g/mol. The van der Waals surface area contributed by atoms with Crippen LogP contribution in [-0.4, -0.2) is 148 Å². The van der Waals surface area contributed by atoms with Crippen molar-refractivity contribution in [3.8, 4) is 23.0 Å². The van der Waals surface area contributed by atoms with Gasteiger partial charge in [0.2, 0.25) is 11.6 Å². The van der Waals surface area contributed by atoms with Crippen LogP contribution in [0.25, 0.3) is 0 Å². The lowest BCUT2D eigenvalue weighted by atomic mass is 9.85. The lowest BCUT2D eigenvalue weighted by Gasteiger charge is -2.43. The molecule has 6 aromatic carbocycles. The molecule has 416 valence electrons. The molecule has 6 aromatic rings. The van der Waals surface area contributed by atoms with Crippen LogP contribution in [0.15, 0.2) is 146 Å². The number of anilines is 2. The third-order valence-electron chi connectivity index (χ3n) is 15.5. The molecular formula is C62H62F4N6O8. The Morgan fingerprint density at radius 3 is 1.14 bits per heavy atom. The second-order valence-electron chi connectivity index (χ2n) is 20.5. The van der Waals surface area contributed by atoms with Gasteiger partial charge in [-0.15, -0.1) is 0 Å². The second-order valence-corrected chi connectivity index (χ2v) is 20.5. The Morgan fingerprint density at radius 2 is 0.812 bits per heavy atom. The third kappa shape index (κ3) is 12.6. The number of ketones is 2. The number of hydrogen-bond acceptors (Lipinski definition) is 14. The standard InChI is InChI=1S/C62H62F4N6O8/c1-67(27-25-43-45-11-3-7-15-55(45)79-56-16-8-4-12-46(43)56)61(71-33-29-69(30-34-71)41-19-21-49(63)51(65)37-41)53(73)39-77-59(75)23-24-60(76)78-40-54(74)62(72-35-31-70(32-36-72)42-20-22-50(64)52(66)38-42)68(2)28-26-44-47-13-5-9-17-57(47)80-58-18-10-6-14-48(44)58/h3-24,37-38,43-44,61-62H,25-36,39-40H2,1-2H3/b24-23+. The quantitative estimate of drug-likeness (QED) is 0.0410. The molecule has 0 N–H and O–H groups in total. The Hall–Kier alpha value is -7.90. The van der Waals surface area contributed by atoms with Gasteiger partial charge in [-0.1, -0.05) is 72.8 Å². The first-order chi connectivity index (χ1) is 38.8. The maximum absolute atomic E-state index is 14.3. The van der Waals surface area contributed by atoms with E-state index in [4.69, 9.17) is 18.9 Å². The van der Waals surface area contributed by atoms with Crippen molar-refractivity contribution >= 4 is 34.9 Å². The third-order valence-corrected chi connectivity index (χ3v) is 15.5. The molecule has 0 aromatic heterocycles. The zero-order chi connectivity index (χ0) is 55.9. The largest absolute Gasteiger partial charge is 0.457 e. The number of nitrogens with zero attached hydrogens (tertiary/aromatic N) is 6. The minimum Gasteiger partial charge on any atom is -0.457 e. The van der Waals surface area contributed by atoms with E-state index in [0.29, 0.717) is 89.7 Å². The number of carbonyl (C=O) groups is 4. The summed E-state index contributed by atoms with van der Waals surface area (Å²) in [5.74, 6) is -3.60. The topological polar surface area (TPSA) is 125 Å². The van der Waals surface area contributed by atoms with Crippen molar-refractivity contribution in [1.82, 2.24) is 19.6 Å². The van der Waals surface area contributed by atoms with Gasteiger partial charge in [-0.2, -0.15) is 0 Å². The predicted octanol–water partition coefficient (Wildman–Crippen LogP) is 9.14. The van der Waals surface area contributed by atoms with Crippen LogP contribution in [0, 0.1) is 23.3 Å². The Kier molecular flexibility index (Phi) is 17.4. The number of Topliss-reactive ketones (excluding diaryl/α,β-unsaturated/α-hetero) is 2. The number of piperazine rings is 2. The van der Waals surface area contributed by atoms with Crippen LogP contribution in [0.2, 0.25) is 0 Å². The van der Waals surface area contributed by atoms with E-state index in [2.05, 4.69) is 0 Å². The van der Waals surface area contributed by atoms with Gasteiger partial charge in [-0.05, 0) is 75.5 Å². The number of rotatable bonds is 20. The summed E-state index contributed by atoms with van der Waals surface area (Å²) >= 11 is 0. The summed E-state index contributed by atoms with van der Waals surface area (Å²) in [7, 11) is 3.67. The van der Waals surface area contributed by atoms with Gasteiger partial charge in [-0.25, -0.2) is 27.2 Å². The molecule has 4 aliphatic heterocycles. The van der Waals surface area contributed by atoms with Crippen molar-refractivity contribution in [2.24, 2.45) is 0 Å². The SMILES string of the molecule is CN(CCC1c2ccccc2Oc2ccccc21)C(C(=O)COC(=O)/C=C/C(=O)OCC(=O)C(N(C)CCC1c2ccccc2Oc2ccccc21)N1CCN(c2ccc(F)c(F)c2)CC1)N1CCN(c2ccc(F)c(F)c2)CC1. The van der Waals surface area contributed by atoms with Crippen molar-refractivity contribution in [3.05, 3.63) is 191 Å². The van der Waals surface area contributed by atoms with Crippen LogP contribution >= 0.6 is 0 Å². The summed E-state index contributed by atoms with van der Waals surface area (Å²) in [6.07, 6.45) is 1.25. The van der Waals surface area contributed by atoms with Gasteiger partial charge in [0.15, 0.2) is 36.5 Å². The summed E-state index contributed by atoms with van der Waals surface area (Å²) in [5.41, 5.74) is 5.13. The lowest BCUT2D eigenvalue weighted by Crippen LogP contribution is -2.59. The molecule has 14 nitrogen and oxygen atoms in total. The van der Waals surface area contributed by atoms with E-state index in [-0.39, 0.29) is 11.8 Å². The van der Waals surface area contributed by atoms with E-state index in [1.807, 2.05) is 141 Å². The van der Waals surface area contributed by atoms with Gasteiger partial charge in [0.25, 0.3) is 0 Å². The molecule has 0 aliphatic carbocycles. The number of halogens is 4. The van der Waals surface area contributed by atoms with E-state index in [9.17, 15) is 36.7 Å².